The van der Waals surface area contributed by atoms with Crippen LogP contribution < -0.4 is 0 Å². The van der Waals surface area contributed by atoms with Gasteiger partial charge in [0, 0.05) is 18.3 Å². The average Bonchev–Trinajstić information content (AvgIpc) is 3.12. The van der Waals surface area contributed by atoms with E-state index in [9.17, 15) is 4.79 Å². The monoisotopic (exact) mass is 308 g/mol. The van der Waals surface area contributed by atoms with E-state index in [0.29, 0.717) is 5.02 Å². The first-order valence-corrected chi connectivity index (χ1v) is 7.34. The van der Waals surface area contributed by atoms with Gasteiger partial charge in [-0.05, 0) is 26.7 Å². The molecule has 2 aromatic rings. The van der Waals surface area contributed by atoms with Crippen LogP contribution in [0.25, 0.3) is 0 Å². The Morgan fingerprint density at radius 3 is 2.95 bits per heavy atom. The zero-order valence-corrected chi connectivity index (χ0v) is 12.8. The summed E-state index contributed by atoms with van der Waals surface area (Å²) in [4.78, 5) is 14.4. The van der Waals surface area contributed by atoms with E-state index in [0.717, 1.165) is 36.4 Å². The Bertz CT molecular complexity index is 644. The van der Waals surface area contributed by atoms with Crippen LogP contribution in [0.2, 0.25) is 5.02 Å². The number of hydrogen-bond donors (Lipinski definition) is 0. The van der Waals surface area contributed by atoms with E-state index in [2.05, 4.69) is 10.3 Å². The highest BCUT2D eigenvalue weighted by Gasteiger charge is 2.33. The molecule has 3 rings (SSSR count). The number of hydrogen-bond acceptors (Lipinski definition) is 4. The Morgan fingerprint density at radius 2 is 2.33 bits per heavy atom. The minimum Gasteiger partial charge on any atom is -0.361 e. The highest BCUT2D eigenvalue weighted by Crippen LogP contribution is 2.35. The van der Waals surface area contributed by atoms with Crippen LogP contribution in [0.5, 0.6) is 0 Å². The van der Waals surface area contributed by atoms with Crippen LogP contribution in [0.1, 0.15) is 35.9 Å². The molecular weight excluding hydrogens is 292 g/mol. The van der Waals surface area contributed by atoms with E-state index in [-0.39, 0.29) is 18.5 Å². The summed E-state index contributed by atoms with van der Waals surface area (Å²) in [5, 5.41) is 8.58. The topological polar surface area (TPSA) is 64.2 Å². The summed E-state index contributed by atoms with van der Waals surface area (Å²) in [6.45, 7) is 4.76. The Hall–Kier alpha value is -1.82. The summed E-state index contributed by atoms with van der Waals surface area (Å²) in [6, 6.07) is 0.0507. The highest BCUT2D eigenvalue weighted by atomic mass is 35.5. The van der Waals surface area contributed by atoms with Crippen LogP contribution in [-0.2, 0) is 11.3 Å². The largest absolute Gasteiger partial charge is 0.361 e. The quantitative estimate of drug-likeness (QED) is 0.874. The van der Waals surface area contributed by atoms with Gasteiger partial charge in [-0.3, -0.25) is 9.48 Å². The van der Waals surface area contributed by atoms with Gasteiger partial charge in [-0.2, -0.15) is 5.10 Å². The number of likely N-dealkylation sites (tertiary alicyclic amines) is 1. The van der Waals surface area contributed by atoms with Crippen LogP contribution >= 0.6 is 11.6 Å². The lowest BCUT2D eigenvalue weighted by Gasteiger charge is -2.24. The lowest BCUT2D eigenvalue weighted by atomic mass is 10.0. The zero-order valence-electron chi connectivity index (χ0n) is 12.0. The Morgan fingerprint density at radius 1 is 1.52 bits per heavy atom. The molecule has 0 radical (unpaired) electrons. The summed E-state index contributed by atoms with van der Waals surface area (Å²) in [7, 11) is 0. The van der Waals surface area contributed by atoms with Crippen molar-refractivity contribution in [2.75, 3.05) is 6.54 Å². The van der Waals surface area contributed by atoms with E-state index in [1.54, 1.807) is 10.9 Å². The van der Waals surface area contributed by atoms with Gasteiger partial charge in [0.25, 0.3) is 0 Å². The van der Waals surface area contributed by atoms with E-state index in [1.165, 1.54) is 6.20 Å². The van der Waals surface area contributed by atoms with Crippen LogP contribution in [-0.4, -0.2) is 32.3 Å². The molecule has 112 valence electrons. The fourth-order valence-corrected chi connectivity index (χ4v) is 3.14. The van der Waals surface area contributed by atoms with E-state index in [4.69, 9.17) is 16.1 Å². The number of carbonyl (C=O) groups is 1. The molecule has 0 aliphatic carbocycles. The normalized spacial score (nSPS) is 18.4. The fraction of sp³-hybridized carbons (Fsp3) is 0.500. The van der Waals surface area contributed by atoms with Crippen LogP contribution in [0.4, 0.5) is 0 Å². The molecule has 0 bridgehead atoms. The van der Waals surface area contributed by atoms with Crippen molar-refractivity contribution in [1.82, 2.24) is 19.8 Å². The molecule has 1 aliphatic heterocycles. The second-order valence-electron chi connectivity index (χ2n) is 5.34. The van der Waals surface area contributed by atoms with Crippen molar-refractivity contribution in [3.8, 4) is 0 Å². The molecule has 1 aliphatic rings. The number of aromatic nitrogens is 3. The van der Waals surface area contributed by atoms with Gasteiger partial charge in [0.05, 0.1) is 23.0 Å². The molecule has 1 amide bonds. The minimum atomic E-state index is 0.0391. The van der Waals surface area contributed by atoms with Gasteiger partial charge in [0.15, 0.2) is 0 Å². The summed E-state index contributed by atoms with van der Waals surface area (Å²) < 4.78 is 6.80. The Kier molecular flexibility index (Phi) is 3.71. The lowest BCUT2D eigenvalue weighted by molar-refractivity contribution is -0.133. The summed E-state index contributed by atoms with van der Waals surface area (Å²) in [6.07, 6.45) is 5.11. The van der Waals surface area contributed by atoms with E-state index in [1.807, 2.05) is 18.7 Å². The molecule has 0 spiro atoms. The first-order chi connectivity index (χ1) is 10.1. The third kappa shape index (κ3) is 2.68. The fourth-order valence-electron chi connectivity index (χ4n) is 2.99. The number of rotatable bonds is 3. The van der Waals surface area contributed by atoms with Gasteiger partial charge in [-0.25, -0.2) is 0 Å². The maximum absolute atomic E-state index is 12.5. The van der Waals surface area contributed by atoms with Crippen molar-refractivity contribution in [3.05, 3.63) is 34.4 Å². The Balaban J connectivity index is 1.79. The van der Waals surface area contributed by atoms with Gasteiger partial charge in [0.1, 0.15) is 12.3 Å². The van der Waals surface area contributed by atoms with Crippen molar-refractivity contribution in [2.24, 2.45) is 0 Å². The molecule has 1 fully saturated rings. The van der Waals surface area contributed by atoms with Crippen molar-refractivity contribution in [1.29, 1.82) is 0 Å². The molecule has 0 aromatic carbocycles. The van der Waals surface area contributed by atoms with E-state index < -0.39 is 0 Å². The summed E-state index contributed by atoms with van der Waals surface area (Å²) >= 11 is 5.83. The molecule has 2 aromatic heterocycles. The SMILES string of the molecule is Cc1noc(C)c1C1CCCN1C(=O)Cn1cc(Cl)cn1. The number of amides is 1. The predicted octanol–water partition coefficient (Wildman–Crippen LogP) is 2.51. The zero-order chi connectivity index (χ0) is 15.0. The maximum atomic E-state index is 12.5. The lowest BCUT2D eigenvalue weighted by Crippen LogP contribution is -2.33. The smallest absolute Gasteiger partial charge is 0.244 e. The van der Waals surface area contributed by atoms with Crippen molar-refractivity contribution in [2.45, 2.75) is 39.3 Å². The molecular formula is C14H17ClN4O2. The molecule has 1 unspecified atom stereocenters. The second-order valence-corrected chi connectivity index (χ2v) is 5.78. The number of carbonyl (C=O) groups excluding carboxylic acids is 1. The van der Waals surface area contributed by atoms with Crippen LogP contribution in [0.15, 0.2) is 16.9 Å². The number of nitrogens with zero attached hydrogens (tertiary/aromatic N) is 4. The molecule has 0 N–H and O–H groups in total. The molecule has 1 saturated heterocycles. The third-order valence-electron chi connectivity index (χ3n) is 3.89. The van der Waals surface area contributed by atoms with Gasteiger partial charge in [-0.1, -0.05) is 16.8 Å². The van der Waals surface area contributed by atoms with Gasteiger partial charge in [0.2, 0.25) is 5.91 Å². The highest BCUT2D eigenvalue weighted by molar-refractivity contribution is 6.30. The number of aryl methyl sites for hydroxylation is 2. The molecule has 6 nitrogen and oxygen atoms in total. The summed E-state index contributed by atoms with van der Waals surface area (Å²) in [5.74, 6) is 0.830. The van der Waals surface area contributed by atoms with Crippen molar-refractivity contribution < 1.29 is 9.32 Å². The molecule has 1 atom stereocenters. The minimum absolute atomic E-state index is 0.0391. The van der Waals surface area contributed by atoms with Gasteiger partial charge in [-0.15, -0.1) is 0 Å². The molecule has 7 heteroatoms. The molecule has 0 saturated carbocycles. The third-order valence-corrected chi connectivity index (χ3v) is 4.09. The van der Waals surface area contributed by atoms with Gasteiger partial charge >= 0.3 is 0 Å². The standard InChI is InChI=1S/C14H17ClN4O2/c1-9-14(10(2)21-17-9)12-4-3-5-19(12)13(20)8-18-7-11(15)6-16-18/h6-7,12H,3-5,8H2,1-2H3. The summed E-state index contributed by atoms with van der Waals surface area (Å²) in [5.41, 5.74) is 1.90. The van der Waals surface area contributed by atoms with Gasteiger partial charge < -0.3 is 9.42 Å². The first-order valence-electron chi connectivity index (χ1n) is 6.96. The maximum Gasteiger partial charge on any atom is 0.244 e. The molecule has 3 heterocycles. The first kappa shape index (κ1) is 14.1. The van der Waals surface area contributed by atoms with Crippen LogP contribution in [0, 0.1) is 13.8 Å². The number of halogens is 1. The van der Waals surface area contributed by atoms with E-state index >= 15 is 0 Å². The van der Waals surface area contributed by atoms with Crippen molar-refractivity contribution >= 4 is 17.5 Å². The average molecular weight is 309 g/mol. The molecule has 21 heavy (non-hydrogen) atoms. The Labute approximate surface area is 127 Å². The van der Waals surface area contributed by atoms with Crippen molar-refractivity contribution in [3.63, 3.8) is 0 Å². The second kappa shape index (κ2) is 5.52. The predicted molar refractivity (Wildman–Crippen MR) is 76.9 cm³/mol. The van der Waals surface area contributed by atoms with Crippen LogP contribution in [0.3, 0.4) is 0 Å².